The zero-order valence-corrected chi connectivity index (χ0v) is 18.9. The first-order chi connectivity index (χ1) is 15.2. The Hall–Kier alpha value is -2.73. The van der Waals surface area contributed by atoms with E-state index in [2.05, 4.69) is 23.5 Å². The molecular formula is C25H28N2O3S. The lowest BCUT2D eigenvalue weighted by molar-refractivity contribution is -0.118. The molecule has 0 radical (unpaired) electrons. The second-order valence-electron chi connectivity index (χ2n) is 7.68. The van der Waals surface area contributed by atoms with Crippen LogP contribution in [0, 0.1) is 0 Å². The van der Waals surface area contributed by atoms with Gasteiger partial charge in [0.1, 0.15) is 5.03 Å². The number of para-hydroxylation sites is 1. The summed E-state index contributed by atoms with van der Waals surface area (Å²) in [7, 11) is 3.25. The molecule has 0 bridgehead atoms. The number of rotatable bonds is 8. The quantitative estimate of drug-likeness (QED) is 0.524. The lowest BCUT2D eigenvalue weighted by Crippen LogP contribution is -2.27. The van der Waals surface area contributed by atoms with Crippen LogP contribution in [0.2, 0.25) is 0 Å². The van der Waals surface area contributed by atoms with Gasteiger partial charge in [-0.2, -0.15) is 0 Å². The minimum Gasteiger partial charge on any atom is -0.493 e. The van der Waals surface area contributed by atoms with Crippen molar-refractivity contribution in [3.8, 4) is 11.5 Å². The van der Waals surface area contributed by atoms with Gasteiger partial charge in [0.2, 0.25) is 5.91 Å². The molecule has 5 nitrogen and oxygen atoms in total. The number of thioether (sulfide) groups is 1. The zero-order valence-electron chi connectivity index (χ0n) is 18.1. The van der Waals surface area contributed by atoms with Crippen LogP contribution >= 0.6 is 11.8 Å². The number of hydrogen-bond donors (Lipinski definition) is 1. The summed E-state index contributed by atoms with van der Waals surface area (Å²) >= 11 is 1.56. The van der Waals surface area contributed by atoms with Crippen molar-refractivity contribution in [1.82, 2.24) is 10.3 Å². The number of amides is 1. The Kier molecular flexibility index (Phi) is 6.97. The van der Waals surface area contributed by atoms with Gasteiger partial charge in [-0.15, -0.1) is 0 Å². The third-order valence-electron chi connectivity index (χ3n) is 5.70. The molecule has 1 aromatic heterocycles. The van der Waals surface area contributed by atoms with Gasteiger partial charge in [0.05, 0.1) is 25.5 Å². The highest BCUT2D eigenvalue weighted by Crippen LogP contribution is 2.34. The summed E-state index contributed by atoms with van der Waals surface area (Å²) in [6, 6.07) is 14.2. The molecule has 1 aliphatic rings. The van der Waals surface area contributed by atoms with Crippen molar-refractivity contribution in [2.45, 2.75) is 37.1 Å². The van der Waals surface area contributed by atoms with E-state index in [0.717, 1.165) is 35.4 Å². The fraction of sp³-hybridized carbons (Fsp3) is 0.360. The molecule has 0 atom stereocenters. The highest BCUT2D eigenvalue weighted by molar-refractivity contribution is 8.00. The standard InChI is InChI=1S/C25H28N2O3S/c1-29-22-12-11-17(15-23(22)30-2)13-14-26-24(28)16-31-25-20-9-4-3-7-18(20)19-8-5-6-10-21(19)27-25/h5-6,8,10-12,15H,3-4,7,9,13-14,16H2,1-2H3,(H,26,28). The smallest absolute Gasteiger partial charge is 0.230 e. The first-order valence-corrected chi connectivity index (χ1v) is 11.7. The Morgan fingerprint density at radius 2 is 1.81 bits per heavy atom. The molecule has 1 amide bonds. The molecule has 1 heterocycles. The molecule has 0 unspecified atom stereocenters. The summed E-state index contributed by atoms with van der Waals surface area (Å²) in [4.78, 5) is 17.3. The molecule has 0 fully saturated rings. The van der Waals surface area contributed by atoms with Crippen LogP contribution in [0.1, 0.15) is 29.5 Å². The molecule has 4 rings (SSSR count). The molecule has 162 valence electrons. The lowest BCUT2D eigenvalue weighted by Gasteiger charge is -2.20. The van der Waals surface area contributed by atoms with Crippen LogP contribution in [-0.4, -0.2) is 37.4 Å². The molecule has 1 aliphatic carbocycles. The second kappa shape index (κ2) is 10.1. The van der Waals surface area contributed by atoms with Crippen molar-refractivity contribution in [3.05, 3.63) is 59.2 Å². The SMILES string of the molecule is COc1ccc(CCNC(=O)CSc2nc3ccccc3c3c2CCCC3)cc1OC. The predicted octanol–water partition coefficient (Wildman–Crippen LogP) is 4.58. The largest absolute Gasteiger partial charge is 0.493 e. The van der Waals surface area contributed by atoms with E-state index in [9.17, 15) is 4.79 Å². The Bertz CT molecular complexity index is 1080. The van der Waals surface area contributed by atoms with Crippen LogP contribution in [0.25, 0.3) is 10.9 Å². The fourth-order valence-electron chi connectivity index (χ4n) is 4.13. The molecule has 6 heteroatoms. The van der Waals surface area contributed by atoms with Crippen molar-refractivity contribution >= 4 is 28.6 Å². The number of fused-ring (bicyclic) bond motifs is 3. The Morgan fingerprint density at radius 1 is 1.03 bits per heavy atom. The number of hydrogen-bond acceptors (Lipinski definition) is 5. The van der Waals surface area contributed by atoms with Crippen LogP contribution in [0.3, 0.4) is 0 Å². The van der Waals surface area contributed by atoms with Gasteiger partial charge in [-0.05, 0) is 67.0 Å². The van der Waals surface area contributed by atoms with Gasteiger partial charge in [-0.1, -0.05) is 36.0 Å². The third-order valence-corrected chi connectivity index (χ3v) is 6.72. The molecular weight excluding hydrogens is 408 g/mol. The molecule has 1 N–H and O–H groups in total. The van der Waals surface area contributed by atoms with Crippen LogP contribution in [0.5, 0.6) is 11.5 Å². The number of carbonyl (C=O) groups is 1. The van der Waals surface area contributed by atoms with Crippen molar-refractivity contribution in [2.24, 2.45) is 0 Å². The molecule has 0 saturated carbocycles. The summed E-state index contributed by atoms with van der Waals surface area (Å²) < 4.78 is 10.6. The average molecular weight is 437 g/mol. The van der Waals surface area contributed by atoms with Crippen molar-refractivity contribution in [2.75, 3.05) is 26.5 Å². The van der Waals surface area contributed by atoms with Gasteiger partial charge in [0.15, 0.2) is 11.5 Å². The molecule has 31 heavy (non-hydrogen) atoms. The fourth-order valence-corrected chi connectivity index (χ4v) is 5.06. The Labute approximate surface area is 187 Å². The van der Waals surface area contributed by atoms with Crippen molar-refractivity contribution in [3.63, 3.8) is 0 Å². The van der Waals surface area contributed by atoms with E-state index in [4.69, 9.17) is 14.5 Å². The maximum atomic E-state index is 12.5. The van der Waals surface area contributed by atoms with E-state index in [1.807, 2.05) is 24.3 Å². The zero-order chi connectivity index (χ0) is 21.6. The number of aryl methyl sites for hydroxylation is 1. The van der Waals surface area contributed by atoms with Crippen molar-refractivity contribution < 1.29 is 14.3 Å². The Balaban J connectivity index is 1.36. The number of aromatic nitrogens is 1. The predicted molar refractivity (Wildman–Crippen MR) is 125 cm³/mol. The number of nitrogens with one attached hydrogen (secondary N) is 1. The van der Waals surface area contributed by atoms with Crippen LogP contribution < -0.4 is 14.8 Å². The Morgan fingerprint density at radius 3 is 2.61 bits per heavy atom. The monoisotopic (exact) mass is 436 g/mol. The van der Waals surface area contributed by atoms with Gasteiger partial charge in [0.25, 0.3) is 0 Å². The highest BCUT2D eigenvalue weighted by Gasteiger charge is 2.19. The van der Waals surface area contributed by atoms with Crippen LogP contribution in [0.15, 0.2) is 47.5 Å². The van der Waals surface area contributed by atoms with E-state index >= 15 is 0 Å². The minimum atomic E-state index is 0.0324. The average Bonchev–Trinajstić information content (AvgIpc) is 2.82. The van der Waals surface area contributed by atoms with Gasteiger partial charge >= 0.3 is 0 Å². The summed E-state index contributed by atoms with van der Waals surface area (Å²) in [6.45, 7) is 0.581. The second-order valence-corrected chi connectivity index (χ2v) is 8.64. The van der Waals surface area contributed by atoms with Gasteiger partial charge in [-0.25, -0.2) is 4.98 Å². The maximum absolute atomic E-state index is 12.5. The summed E-state index contributed by atoms with van der Waals surface area (Å²) in [5.41, 5.74) is 4.89. The van der Waals surface area contributed by atoms with E-state index in [1.54, 1.807) is 26.0 Å². The third kappa shape index (κ3) is 4.96. The van der Waals surface area contributed by atoms with Gasteiger partial charge in [-0.3, -0.25) is 4.79 Å². The van der Waals surface area contributed by atoms with Crippen LogP contribution in [-0.2, 0) is 24.1 Å². The molecule has 0 aliphatic heterocycles. The van der Waals surface area contributed by atoms with E-state index < -0.39 is 0 Å². The van der Waals surface area contributed by atoms with E-state index in [1.165, 1.54) is 29.4 Å². The summed E-state index contributed by atoms with van der Waals surface area (Å²) in [5, 5.41) is 5.31. The number of benzene rings is 2. The molecule has 3 aromatic rings. The van der Waals surface area contributed by atoms with Crippen molar-refractivity contribution in [1.29, 1.82) is 0 Å². The number of methoxy groups -OCH3 is 2. The lowest BCUT2D eigenvalue weighted by atomic mass is 9.90. The topological polar surface area (TPSA) is 60.5 Å². The van der Waals surface area contributed by atoms with E-state index in [0.29, 0.717) is 23.8 Å². The van der Waals surface area contributed by atoms with E-state index in [-0.39, 0.29) is 5.91 Å². The maximum Gasteiger partial charge on any atom is 0.230 e. The number of carbonyl (C=O) groups excluding carboxylic acids is 1. The summed E-state index contributed by atoms with van der Waals surface area (Å²) in [5.74, 6) is 1.82. The van der Waals surface area contributed by atoms with Gasteiger partial charge < -0.3 is 14.8 Å². The molecule has 0 saturated heterocycles. The van der Waals surface area contributed by atoms with Crippen LogP contribution in [0.4, 0.5) is 0 Å². The first-order valence-electron chi connectivity index (χ1n) is 10.7. The molecule has 0 spiro atoms. The highest BCUT2D eigenvalue weighted by atomic mass is 32.2. The molecule has 2 aromatic carbocycles. The van der Waals surface area contributed by atoms with Gasteiger partial charge in [0, 0.05) is 11.9 Å². The number of pyridine rings is 1. The number of ether oxygens (including phenoxy) is 2. The minimum absolute atomic E-state index is 0.0324. The normalized spacial score (nSPS) is 13.0. The summed E-state index contributed by atoms with van der Waals surface area (Å²) in [6.07, 6.45) is 5.31. The first kappa shape index (κ1) is 21.5. The number of nitrogens with zero attached hydrogens (tertiary/aromatic N) is 1.